The van der Waals surface area contributed by atoms with E-state index >= 15 is 0 Å². The third-order valence-corrected chi connectivity index (χ3v) is 2.61. The van der Waals surface area contributed by atoms with Crippen LogP contribution in [-0.2, 0) is 9.59 Å². The summed E-state index contributed by atoms with van der Waals surface area (Å²) in [4.78, 5) is 22.9. The molecule has 0 aliphatic heterocycles. The number of carbonyl (C=O) groups excluding carboxylic acids is 2. The molecule has 1 rings (SSSR count). The fraction of sp³-hybridized carbons (Fsp3) is 0.333. The summed E-state index contributed by atoms with van der Waals surface area (Å²) >= 11 is 5.57. The first kappa shape index (κ1) is 14.4. The fourth-order valence-corrected chi connectivity index (χ4v) is 1.32. The van der Waals surface area contributed by atoms with E-state index in [0.717, 1.165) is 6.07 Å². The lowest BCUT2D eigenvalue weighted by molar-refractivity contribution is -0.136. The molecule has 98 valence electrons. The Balaban J connectivity index is 2.67. The molecule has 2 amide bonds. The molecular weight excluding hydrogens is 259 g/mol. The number of amides is 2. The van der Waals surface area contributed by atoms with Crippen molar-refractivity contribution in [3.8, 4) is 0 Å². The van der Waals surface area contributed by atoms with Gasteiger partial charge in [-0.2, -0.15) is 0 Å². The van der Waals surface area contributed by atoms with Crippen LogP contribution in [0.4, 0.5) is 10.1 Å². The SMILES string of the molecule is CC[C@H](C)NC(=O)C(=O)Nc1ccc(Cl)cc1F. The van der Waals surface area contributed by atoms with Crippen LogP contribution in [-0.4, -0.2) is 17.9 Å². The minimum atomic E-state index is -0.906. The Kier molecular flexibility index (Phi) is 5.09. The highest BCUT2D eigenvalue weighted by molar-refractivity contribution is 6.39. The van der Waals surface area contributed by atoms with Crippen molar-refractivity contribution < 1.29 is 14.0 Å². The van der Waals surface area contributed by atoms with Crippen molar-refractivity contribution in [2.75, 3.05) is 5.32 Å². The molecular formula is C12H14ClFN2O2. The molecule has 0 aliphatic rings. The summed E-state index contributed by atoms with van der Waals surface area (Å²) in [6.07, 6.45) is 0.703. The van der Waals surface area contributed by atoms with Gasteiger partial charge in [-0.1, -0.05) is 18.5 Å². The van der Waals surface area contributed by atoms with Gasteiger partial charge in [0.15, 0.2) is 0 Å². The molecule has 0 fully saturated rings. The van der Waals surface area contributed by atoms with Gasteiger partial charge in [-0.25, -0.2) is 4.39 Å². The second-order valence-electron chi connectivity index (χ2n) is 3.86. The highest BCUT2D eigenvalue weighted by atomic mass is 35.5. The summed E-state index contributed by atoms with van der Waals surface area (Å²) in [5.74, 6) is -2.39. The van der Waals surface area contributed by atoms with E-state index < -0.39 is 17.6 Å². The highest BCUT2D eigenvalue weighted by Crippen LogP contribution is 2.18. The van der Waals surface area contributed by atoms with Crippen LogP contribution in [0.25, 0.3) is 0 Å². The maximum Gasteiger partial charge on any atom is 0.313 e. The van der Waals surface area contributed by atoms with Gasteiger partial charge in [0.2, 0.25) is 0 Å². The maximum atomic E-state index is 13.4. The molecule has 6 heteroatoms. The van der Waals surface area contributed by atoms with Gasteiger partial charge >= 0.3 is 11.8 Å². The first-order valence-electron chi connectivity index (χ1n) is 5.51. The molecule has 1 aromatic carbocycles. The number of hydrogen-bond acceptors (Lipinski definition) is 2. The molecule has 0 heterocycles. The first-order chi connectivity index (χ1) is 8.43. The zero-order valence-electron chi connectivity index (χ0n) is 10.1. The zero-order valence-corrected chi connectivity index (χ0v) is 10.8. The summed E-state index contributed by atoms with van der Waals surface area (Å²) in [6.45, 7) is 3.65. The number of benzene rings is 1. The molecule has 0 radical (unpaired) electrons. The third-order valence-electron chi connectivity index (χ3n) is 2.38. The standard InChI is InChI=1S/C12H14ClFN2O2/c1-3-7(2)15-11(17)12(18)16-10-5-4-8(13)6-9(10)14/h4-7H,3H2,1-2H3,(H,15,17)(H,16,18)/t7-/m0/s1. The first-order valence-corrected chi connectivity index (χ1v) is 5.88. The van der Waals surface area contributed by atoms with Crippen LogP contribution >= 0.6 is 11.6 Å². The monoisotopic (exact) mass is 272 g/mol. The van der Waals surface area contributed by atoms with Crippen LogP contribution in [0.3, 0.4) is 0 Å². The molecule has 1 atom stereocenters. The zero-order chi connectivity index (χ0) is 13.7. The number of nitrogens with one attached hydrogen (secondary N) is 2. The van der Waals surface area contributed by atoms with Crippen molar-refractivity contribution in [2.24, 2.45) is 0 Å². The molecule has 2 N–H and O–H groups in total. The van der Waals surface area contributed by atoms with Crippen LogP contribution in [0.2, 0.25) is 5.02 Å². The molecule has 0 saturated heterocycles. The van der Waals surface area contributed by atoms with Crippen molar-refractivity contribution in [3.63, 3.8) is 0 Å². The van der Waals surface area contributed by atoms with E-state index in [9.17, 15) is 14.0 Å². The summed E-state index contributed by atoms with van der Waals surface area (Å²) in [5.41, 5.74) is -0.0799. The number of carbonyl (C=O) groups is 2. The maximum absolute atomic E-state index is 13.4. The molecule has 4 nitrogen and oxygen atoms in total. The number of rotatable bonds is 3. The van der Waals surface area contributed by atoms with Crippen LogP contribution in [0, 0.1) is 5.82 Å². The minimum absolute atomic E-state index is 0.0799. The second-order valence-corrected chi connectivity index (χ2v) is 4.30. The second kappa shape index (κ2) is 6.35. The molecule has 0 bridgehead atoms. The van der Waals surface area contributed by atoms with Gasteiger partial charge in [-0.05, 0) is 31.5 Å². The van der Waals surface area contributed by atoms with Crippen LogP contribution < -0.4 is 10.6 Å². The molecule has 0 spiro atoms. The topological polar surface area (TPSA) is 58.2 Å². The predicted molar refractivity (Wildman–Crippen MR) is 67.9 cm³/mol. The van der Waals surface area contributed by atoms with E-state index in [2.05, 4.69) is 10.6 Å². The normalized spacial score (nSPS) is 11.8. The van der Waals surface area contributed by atoms with E-state index in [1.807, 2.05) is 6.92 Å². The average molecular weight is 273 g/mol. The number of anilines is 1. The Morgan fingerprint density at radius 2 is 2.06 bits per heavy atom. The van der Waals surface area contributed by atoms with E-state index in [1.54, 1.807) is 6.92 Å². The van der Waals surface area contributed by atoms with Crippen LogP contribution in [0.1, 0.15) is 20.3 Å². The number of halogens is 2. The van der Waals surface area contributed by atoms with Gasteiger partial charge < -0.3 is 10.6 Å². The Labute approximate surface area is 110 Å². The molecule has 0 saturated carbocycles. The van der Waals surface area contributed by atoms with Crippen LogP contribution in [0.5, 0.6) is 0 Å². The predicted octanol–water partition coefficient (Wildman–Crippen LogP) is 2.33. The summed E-state index contributed by atoms with van der Waals surface area (Å²) in [6, 6.07) is 3.67. The Hall–Kier alpha value is -1.62. The van der Waals surface area contributed by atoms with Gasteiger partial charge in [0.1, 0.15) is 5.82 Å². The van der Waals surface area contributed by atoms with E-state index in [1.165, 1.54) is 12.1 Å². The third kappa shape index (κ3) is 4.00. The van der Waals surface area contributed by atoms with Gasteiger partial charge in [-0.15, -0.1) is 0 Å². The minimum Gasteiger partial charge on any atom is -0.345 e. The lowest BCUT2D eigenvalue weighted by Gasteiger charge is -2.11. The van der Waals surface area contributed by atoms with Gasteiger partial charge in [0, 0.05) is 11.1 Å². The highest BCUT2D eigenvalue weighted by Gasteiger charge is 2.16. The van der Waals surface area contributed by atoms with E-state index in [-0.39, 0.29) is 16.8 Å². The van der Waals surface area contributed by atoms with Crippen molar-refractivity contribution in [3.05, 3.63) is 29.0 Å². The van der Waals surface area contributed by atoms with Crippen molar-refractivity contribution in [2.45, 2.75) is 26.3 Å². The molecule has 0 unspecified atom stereocenters. The lowest BCUT2D eigenvalue weighted by Crippen LogP contribution is -2.40. The summed E-state index contributed by atoms with van der Waals surface area (Å²) in [5, 5.41) is 4.88. The fourth-order valence-electron chi connectivity index (χ4n) is 1.16. The molecule has 0 aliphatic carbocycles. The van der Waals surface area contributed by atoms with Gasteiger partial charge in [0.05, 0.1) is 5.69 Å². The molecule has 0 aromatic heterocycles. The number of hydrogen-bond donors (Lipinski definition) is 2. The largest absolute Gasteiger partial charge is 0.345 e. The van der Waals surface area contributed by atoms with Gasteiger partial charge in [-0.3, -0.25) is 9.59 Å². The van der Waals surface area contributed by atoms with Crippen LogP contribution in [0.15, 0.2) is 18.2 Å². The van der Waals surface area contributed by atoms with Crippen molar-refractivity contribution >= 4 is 29.1 Å². The smallest absolute Gasteiger partial charge is 0.313 e. The Bertz CT molecular complexity index is 465. The average Bonchev–Trinajstić information content (AvgIpc) is 2.32. The lowest BCUT2D eigenvalue weighted by atomic mass is 10.2. The summed E-state index contributed by atoms with van der Waals surface area (Å²) in [7, 11) is 0. The Morgan fingerprint density at radius 1 is 1.39 bits per heavy atom. The Morgan fingerprint density at radius 3 is 2.61 bits per heavy atom. The van der Waals surface area contributed by atoms with Crippen molar-refractivity contribution in [1.82, 2.24) is 5.32 Å². The molecule has 18 heavy (non-hydrogen) atoms. The van der Waals surface area contributed by atoms with Gasteiger partial charge in [0.25, 0.3) is 0 Å². The van der Waals surface area contributed by atoms with E-state index in [4.69, 9.17) is 11.6 Å². The molecule has 1 aromatic rings. The van der Waals surface area contributed by atoms with E-state index in [0.29, 0.717) is 6.42 Å². The van der Waals surface area contributed by atoms with Crippen molar-refractivity contribution in [1.29, 1.82) is 0 Å². The quantitative estimate of drug-likeness (QED) is 0.830. The summed E-state index contributed by atoms with van der Waals surface area (Å²) < 4.78 is 13.4.